The third kappa shape index (κ3) is 53.9. The molecule has 0 aliphatic heterocycles. The Morgan fingerprint density at radius 3 is 0.705 bits per heavy atom. The lowest BCUT2D eigenvalue weighted by molar-refractivity contribution is -0.164. The highest BCUT2D eigenvalue weighted by atomic mass is 16.5. The van der Waals surface area contributed by atoms with Crippen LogP contribution in [0.25, 0.3) is 0 Å². The Morgan fingerprint density at radius 2 is 0.590 bits per heavy atom. The molecule has 0 aliphatic rings. The number of rotatable bonds is 28. The van der Waals surface area contributed by atoms with Crippen LogP contribution in [0.3, 0.4) is 0 Å². The zero-order chi connectivity index (χ0) is 63.3. The second kappa shape index (κ2) is 53.6. The predicted octanol–water partition coefficient (Wildman–Crippen LogP) is 19.8. The number of hydrogen-bond acceptors (Lipinski definition) is 9. The molecule has 0 radical (unpaired) electrons. The van der Waals surface area contributed by atoms with Gasteiger partial charge in [-0.2, -0.15) is 0 Å². The molecule has 0 aromatic carbocycles. The summed E-state index contributed by atoms with van der Waals surface area (Å²) in [4.78, 5) is 58.4. The summed E-state index contributed by atoms with van der Waals surface area (Å²) in [7, 11) is 2.68. The van der Waals surface area contributed by atoms with E-state index >= 15 is 0 Å². The summed E-state index contributed by atoms with van der Waals surface area (Å²) >= 11 is 0. The van der Waals surface area contributed by atoms with Gasteiger partial charge in [0.25, 0.3) is 0 Å². The highest BCUT2D eigenvalue weighted by molar-refractivity contribution is 5.83. The van der Waals surface area contributed by atoms with Gasteiger partial charge in [0.15, 0.2) is 0 Å². The van der Waals surface area contributed by atoms with E-state index in [0.717, 1.165) is 47.3 Å². The van der Waals surface area contributed by atoms with Gasteiger partial charge in [0.1, 0.15) is 5.78 Å². The van der Waals surface area contributed by atoms with Crippen molar-refractivity contribution in [2.75, 3.05) is 27.4 Å². The Balaban J connectivity index is -0.000000155. The number of Topliss-reactive ketones (excluding diaryl/α,β-unsaturated/α-hetero) is 1. The number of esters is 4. The van der Waals surface area contributed by atoms with Gasteiger partial charge in [0, 0.05) is 5.92 Å². The minimum absolute atomic E-state index is 0.0407. The monoisotopic (exact) mass is 1110 g/mol. The lowest BCUT2D eigenvalue weighted by Gasteiger charge is -2.29. The Kier molecular flexibility index (Phi) is 61.2. The van der Waals surface area contributed by atoms with E-state index in [0.29, 0.717) is 36.8 Å². The fourth-order valence-corrected chi connectivity index (χ4v) is 9.52. The van der Waals surface area contributed by atoms with Gasteiger partial charge in [-0.05, 0) is 122 Å². The maximum Gasteiger partial charge on any atom is 0.310 e. The van der Waals surface area contributed by atoms with Crippen LogP contribution in [0.4, 0.5) is 0 Å². The topological polar surface area (TPSA) is 122 Å². The molecule has 9 nitrogen and oxygen atoms in total. The van der Waals surface area contributed by atoms with Gasteiger partial charge in [-0.3, -0.25) is 24.0 Å². The van der Waals surface area contributed by atoms with Crippen molar-refractivity contribution >= 4 is 29.7 Å². The molecule has 0 aliphatic carbocycles. The normalized spacial score (nSPS) is 13.1. The van der Waals surface area contributed by atoms with Crippen molar-refractivity contribution in [2.45, 2.75) is 260 Å². The van der Waals surface area contributed by atoms with E-state index in [1.54, 1.807) is 20.8 Å². The average molecular weight is 1110 g/mol. The first-order valence-corrected chi connectivity index (χ1v) is 31.3. The maximum absolute atomic E-state index is 12.0. The second-order valence-corrected chi connectivity index (χ2v) is 27.1. The van der Waals surface area contributed by atoms with E-state index in [1.165, 1.54) is 59.2 Å². The van der Waals surface area contributed by atoms with Crippen molar-refractivity contribution in [2.24, 2.45) is 118 Å². The van der Waals surface area contributed by atoms with Crippen LogP contribution in [0, 0.1) is 118 Å². The van der Waals surface area contributed by atoms with Gasteiger partial charge < -0.3 is 18.9 Å². The summed E-state index contributed by atoms with van der Waals surface area (Å²) in [6, 6.07) is 0. The zero-order valence-electron chi connectivity index (χ0n) is 58.4. The highest BCUT2D eigenvalue weighted by Crippen LogP contribution is 2.31. The van der Waals surface area contributed by atoms with Crippen molar-refractivity contribution < 1.29 is 42.9 Å². The number of allylic oxidation sites excluding steroid dienone is 1. The lowest BCUT2D eigenvalue weighted by atomic mass is 9.77. The van der Waals surface area contributed by atoms with E-state index in [4.69, 9.17) is 18.9 Å². The minimum Gasteiger partial charge on any atom is -0.469 e. The smallest absolute Gasteiger partial charge is 0.310 e. The van der Waals surface area contributed by atoms with Gasteiger partial charge in [-0.25, -0.2) is 0 Å². The average Bonchev–Trinajstić information content (AvgIpc) is 3.27. The molecule has 0 fully saturated rings. The molecule has 0 spiro atoms. The van der Waals surface area contributed by atoms with Crippen molar-refractivity contribution in [3.63, 3.8) is 0 Å². The molecule has 0 N–H and O–H groups in total. The fraction of sp³-hybridized carbons (Fsp3) is 0.899. The standard InChI is InChI=1S/C14H26O4.C12H22O4.C10H20.C9H18O.C9H20.C8H18.C7H16/c1-7-17-13(15)11(9(3)4)12(10(5)6)14(16)18-8-2;1-7(2)9(11(13)15-5)10(8(3)4)12(14)16-6;1-6-10(9(4)5)7-8(2)3;1-6(2)9(7(3)4)8(5)10;1-8(2)6-5-7-9(3)4;1-7(2)5-6-8(3)4;1-6(2)5-7(3)4/h9-12H,7-8H2,1-6H3;7-10H,1-6H3;6,8-10H,1,7H2,2-5H3;6-7,9H,1-5H3;8-9H,5-7H2,1-4H3;7-8H,5-6H2,1-4H3;6-7H,5H2,1-4H3. The van der Waals surface area contributed by atoms with Crippen LogP contribution < -0.4 is 0 Å². The summed E-state index contributed by atoms with van der Waals surface area (Å²) in [5.74, 6) is 6.19. The number of ether oxygens (including phenoxy) is 4. The number of carbonyl (C=O) groups excluding carboxylic acids is 5. The summed E-state index contributed by atoms with van der Waals surface area (Å²) in [5.41, 5.74) is 0. The molecule has 470 valence electrons. The molecule has 0 saturated heterocycles. The van der Waals surface area contributed by atoms with Crippen LogP contribution in [-0.2, 0) is 42.9 Å². The van der Waals surface area contributed by atoms with Gasteiger partial charge in [0.2, 0.25) is 0 Å². The van der Waals surface area contributed by atoms with Crippen LogP contribution in [0.1, 0.15) is 260 Å². The molecule has 0 saturated carbocycles. The van der Waals surface area contributed by atoms with Crippen molar-refractivity contribution in [1.82, 2.24) is 0 Å². The minimum atomic E-state index is -0.447. The summed E-state index contributed by atoms with van der Waals surface area (Å²) < 4.78 is 19.7. The van der Waals surface area contributed by atoms with Gasteiger partial charge in [-0.1, -0.05) is 232 Å². The fourth-order valence-electron chi connectivity index (χ4n) is 9.52. The summed E-state index contributed by atoms with van der Waals surface area (Å²) in [6.07, 6.45) is 11.7. The lowest BCUT2D eigenvalue weighted by Crippen LogP contribution is -2.39. The van der Waals surface area contributed by atoms with Crippen LogP contribution in [-0.4, -0.2) is 57.1 Å². The Labute approximate surface area is 488 Å². The molecule has 9 heteroatoms. The molecule has 0 aromatic heterocycles. The molecule has 0 rings (SSSR count). The first kappa shape index (κ1) is 89.1. The van der Waals surface area contributed by atoms with E-state index in [1.807, 2.05) is 55.4 Å². The van der Waals surface area contributed by atoms with Crippen LogP contribution in [0.15, 0.2) is 12.7 Å². The number of carbonyl (C=O) groups is 5. The van der Waals surface area contributed by atoms with Crippen molar-refractivity contribution in [3.05, 3.63) is 12.7 Å². The Hall–Kier alpha value is -2.71. The molecular formula is C69H140O9. The molecule has 0 amide bonds. The molecule has 0 bridgehead atoms. The predicted molar refractivity (Wildman–Crippen MR) is 339 cm³/mol. The van der Waals surface area contributed by atoms with E-state index < -0.39 is 23.7 Å². The van der Waals surface area contributed by atoms with Gasteiger partial charge in [0.05, 0.1) is 51.1 Å². The van der Waals surface area contributed by atoms with Crippen LogP contribution in [0.5, 0.6) is 0 Å². The van der Waals surface area contributed by atoms with Crippen molar-refractivity contribution in [3.8, 4) is 0 Å². The number of ketones is 1. The molecular weight excluding hydrogens is 973 g/mol. The van der Waals surface area contributed by atoms with Gasteiger partial charge in [-0.15, -0.1) is 6.58 Å². The van der Waals surface area contributed by atoms with E-state index in [-0.39, 0.29) is 53.5 Å². The second-order valence-electron chi connectivity index (χ2n) is 27.1. The maximum atomic E-state index is 12.0. The largest absolute Gasteiger partial charge is 0.469 e. The molecule has 0 heterocycles. The SMILES string of the molecule is C=CC(CC(C)C)C(C)C.CC(=O)C(C(C)C)C(C)C.CC(C)CC(C)C.CC(C)CCC(C)C.CC(C)CCCC(C)C.CCOC(=O)C(C(C)C)C(C(=O)OCC)C(C)C.COC(=O)C(C(C)C)C(C(=O)OC)C(C)C. The Bertz CT molecular complexity index is 1330. The van der Waals surface area contributed by atoms with E-state index in [2.05, 4.69) is 151 Å². The third-order valence-electron chi connectivity index (χ3n) is 13.3. The quantitative estimate of drug-likeness (QED) is 0.0428. The summed E-state index contributed by atoms with van der Waals surface area (Å²) in [6.45, 7) is 69.8. The summed E-state index contributed by atoms with van der Waals surface area (Å²) in [5, 5.41) is 0. The number of hydrogen-bond donors (Lipinski definition) is 0. The van der Waals surface area contributed by atoms with Crippen molar-refractivity contribution in [1.29, 1.82) is 0 Å². The molecule has 0 aromatic rings. The van der Waals surface area contributed by atoms with Crippen LogP contribution in [0.2, 0.25) is 0 Å². The number of methoxy groups -OCH3 is 2. The first-order chi connectivity index (χ1) is 35.6. The Morgan fingerprint density at radius 1 is 0.346 bits per heavy atom. The zero-order valence-corrected chi connectivity index (χ0v) is 58.4. The molecule has 5 unspecified atom stereocenters. The van der Waals surface area contributed by atoms with Gasteiger partial charge >= 0.3 is 23.9 Å². The molecule has 5 atom stereocenters. The van der Waals surface area contributed by atoms with Crippen LogP contribution >= 0.6 is 0 Å². The van der Waals surface area contributed by atoms with E-state index in [9.17, 15) is 24.0 Å². The third-order valence-corrected chi connectivity index (χ3v) is 13.3. The molecule has 78 heavy (non-hydrogen) atoms. The highest BCUT2D eigenvalue weighted by Gasteiger charge is 2.41. The first-order valence-electron chi connectivity index (χ1n) is 31.3.